The van der Waals surface area contributed by atoms with E-state index >= 15 is 0 Å². The van der Waals surface area contributed by atoms with Crippen molar-refractivity contribution in [1.29, 1.82) is 0 Å². The number of esters is 1. The summed E-state index contributed by atoms with van der Waals surface area (Å²) in [5.41, 5.74) is 0.984. The lowest BCUT2D eigenvalue weighted by Gasteiger charge is -2.07. The van der Waals surface area contributed by atoms with Crippen molar-refractivity contribution in [2.45, 2.75) is 71.1 Å². The predicted molar refractivity (Wildman–Crippen MR) is 132 cm³/mol. The van der Waals surface area contributed by atoms with E-state index in [0.29, 0.717) is 12.9 Å². The lowest BCUT2D eigenvalue weighted by molar-refractivity contribution is -0.128. The summed E-state index contributed by atoms with van der Waals surface area (Å²) in [4.78, 5) is 22.7. The van der Waals surface area contributed by atoms with Gasteiger partial charge in [0.25, 0.3) is 0 Å². The number of hydrogen-bond donors (Lipinski definition) is 1. The number of carbonyl (C=O) groups is 2. The third-order valence-electron chi connectivity index (χ3n) is 5.41. The molecule has 1 N–H and O–H groups in total. The van der Waals surface area contributed by atoms with Crippen LogP contribution in [0.25, 0.3) is 6.08 Å². The number of hydrogen-bond acceptors (Lipinski definition) is 5. The van der Waals surface area contributed by atoms with Crippen LogP contribution in [0.15, 0.2) is 48.5 Å². The average Bonchev–Trinajstić information content (AvgIpc) is 2.82. The molecule has 0 aliphatic heterocycles. The fourth-order valence-electron chi connectivity index (χ4n) is 3.46. The van der Waals surface area contributed by atoms with Crippen LogP contribution in [0.3, 0.4) is 0 Å². The molecule has 5 nitrogen and oxygen atoms in total. The number of rotatable bonds is 16. The molecule has 0 unspecified atom stereocenters. The monoisotopic (exact) mass is 452 g/mol. The van der Waals surface area contributed by atoms with Gasteiger partial charge >= 0.3 is 5.97 Å². The molecule has 0 aliphatic rings. The first-order chi connectivity index (χ1) is 16.1. The maximum absolute atomic E-state index is 12.0. The molecule has 0 spiro atoms. The summed E-state index contributed by atoms with van der Waals surface area (Å²) in [6, 6.07) is 11.6. The smallest absolute Gasteiger partial charge is 0.336 e. The van der Waals surface area contributed by atoms with Gasteiger partial charge in [-0.25, -0.2) is 4.79 Å². The maximum Gasteiger partial charge on any atom is 0.336 e. The minimum Gasteiger partial charge on any atom is -0.507 e. The zero-order valence-electron chi connectivity index (χ0n) is 19.6. The van der Waals surface area contributed by atoms with Crippen LogP contribution in [0.5, 0.6) is 17.2 Å². The molecule has 0 aliphatic carbocycles. The van der Waals surface area contributed by atoms with Gasteiger partial charge in [-0.1, -0.05) is 76.8 Å². The maximum atomic E-state index is 12.0. The first-order valence-electron chi connectivity index (χ1n) is 12.0. The fourth-order valence-corrected chi connectivity index (χ4v) is 3.46. The summed E-state index contributed by atoms with van der Waals surface area (Å²) in [5.74, 6) is 0.182. The van der Waals surface area contributed by atoms with E-state index in [-0.39, 0.29) is 17.1 Å². The number of phenolic OH excluding ortho intramolecular Hbond substituents is 1. The van der Waals surface area contributed by atoms with Crippen LogP contribution in [-0.2, 0) is 4.79 Å². The zero-order valence-corrected chi connectivity index (χ0v) is 19.6. The third-order valence-corrected chi connectivity index (χ3v) is 5.41. The minimum absolute atomic E-state index is 0.140. The second-order valence-corrected chi connectivity index (χ2v) is 8.19. The topological polar surface area (TPSA) is 72.8 Å². The van der Waals surface area contributed by atoms with E-state index in [4.69, 9.17) is 9.47 Å². The van der Waals surface area contributed by atoms with Gasteiger partial charge in [-0.2, -0.15) is 0 Å². The van der Waals surface area contributed by atoms with Crippen LogP contribution >= 0.6 is 0 Å². The van der Waals surface area contributed by atoms with Gasteiger partial charge < -0.3 is 14.6 Å². The highest BCUT2D eigenvalue weighted by Crippen LogP contribution is 2.22. The number of phenols is 1. The summed E-state index contributed by atoms with van der Waals surface area (Å²) in [5, 5.41) is 9.64. The molecule has 0 atom stereocenters. The second kappa shape index (κ2) is 15.7. The number of ether oxygens (including phenoxy) is 2. The minimum atomic E-state index is -0.575. The van der Waals surface area contributed by atoms with Gasteiger partial charge in [0.1, 0.15) is 17.2 Å². The van der Waals surface area contributed by atoms with Crippen molar-refractivity contribution < 1.29 is 24.2 Å². The fraction of sp³-hybridized carbons (Fsp3) is 0.429. The van der Waals surface area contributed by atoms with Gasteiger partial charge in [0.2, 0.25) is 0 Å². The van der Waals surface area contributed by atoms with E-state index in [2.05, 4.69) is 6.92 Å². The molecule has 0 saturated heterocycles. The molecular weight excluding hydrogens is 416 g/mol. The van der Waals surface area contributed by atoms with E-state index < -0.39 is 5.97 Å². The Labute approximate surface area is 197 Å². The van der Waals surface area contributed by atoms with Gasteiger partial charge in [-0.3, -0.25) is 4.79 Å². The molecule has 0 radical (unpaired) electrons. The van der Waals surface area contributed by atoms with E-state index in [9.17, 15) is 14.7 Å². The van der Waals surface area contributed by atoms with Gasteiger partial charge in [0.05, 0.1) is 12.2 Å². The van der Waals surface area contributed by atoms with E-state index in [1.807, 2.05) is 24.3 Å². The SMILES string of the molecule is CCCCCCCCCCCCOc1ccc(/C=C/C(=O)Oc2ccc(C=O)c(O)c2)cc1. The highest BCUT2D eigenvalue weighted by atomic mass is 16.5. The van der Waals surface area contributed by atoms with Gasteiger partial charge in [-0.05, 0) is 42.3 Å². The van der Waals surface area contributed by atoms with Gasteiger partial charge in [-0.15, -0.1) is 0 Å². The van der Waals surface area contributed by atoms with Crippen molar-refractivity contribution in [2.24, 2.45) is 0 Å². The Morgan fingerprint density at radius 2 is 1.45 bits per heavy atom. The number of carbonyl (C=O) groups excluding carboxylic acids is 2. The summed E-state index contributed by atoms with van der Waals surface area (Å²) in [7, 11) is 0. The molecule has 0 amide bonds. The summed E-state index contributed by atoms with van der Waals surface area (Å²) < 4.78 is 10.9. The number of unbranched alkanes of at least 4 members (excludes halogenated alkanes) is 9. The van der Waals surface area contributed by atoms with Gasteiger partial charge in [0, 0.05) is 12.1 Å². The van der Waals surface area contributed by atoms with Crippen LogP contribution in [0, 0.1) is 0 Å². The standard InChI is InChI=1S/C28H36O5/c1-2-3-4-5-6-7-8-9-10-11-20-32-25-16-12-23(13-17-25)14-19-28(31)33-26-18-15-24(22-29)27(30)21-26/h12-19,21-22,30H,2-11,20H2,1H3/b19-14+. The molecule has 5 heteroatoms. The number of benzene rings is 2. The molecular formula is C28H36O5. The quantitative estimate of drug-likeness (QED) is 0.0964. The Bertz CT molecular complexity index is 870. The molecule has 2 aromatic carbocycles. The largest absolute Gasteiger partial charge is 0.507 e. The van der Waals surface area contributed by atoms with Crippen molar-refractivity contribution in [3.05, 3.63) is 59.7 Å². The molecule has 2 aromatic rings. The van der Waals surface area contributed by atoms with Crippen molar-refractivity contribution in [3.8, 4) is 17.2 Å². The van der Waals surface area contributed by atoms with Crippen LogP contribution < -0.4 is 9.47 Å². The Morgan fingerprint density at radius 1 is 0.848 bits per heavy atom. The average molecular weight is 453 g/mol. The summed E-state index contributed by atoms with van der Waals surface area (Å²) in [6.07, 6.45) is 16.5. The van der Waals surface area contributed by atoms with Crippen molar-refractivity contribution in [2.75, 3.05) is 6.61 Å². The van der Waals surface area contributed by atoms with E-state index in [1.54, 1.807) is 6.08 Å². The molecule has 0 saturated carbocycles. The third kappa shape index (κ3) is 10.9. The number of aromatic hydroxyl groups is 1. The Hall–Kier alpha value is -3.08. The Kier molecular flexibility index (Phi) is 12.4. The Morgan fingerprint density at radius 3 is 2.06 bits per heavy atom. The van der Waals surface area contributed by atoms with Crippen molar-refractivity contribution in [1.82, 2.24) is 0 Å². The van der Waals surface area contributed by atoms with Crippen molar-refractivity contribution >= 4 is 18.3 Å². The first-order valence-corrected chi connectivity index (χ1v) is 12.0. The molecule has 0 aromatic heterocycles. The zero-order chi connectivity index (χ0) is 23.7. The number of aldehydes is 1. The first kappa shape index (κ1) is 26.2. The molecule has 178 valence electrons. The molecule has 0 heterocycles. The molecule has 2 rings (SSSR count). The normalized spacial score (nSPS) is 10.9. The summed E-state index contributed by atoms with van der Waals surface area (Å²) in [6.45, 7) is 2.97. The van der Waals surface area contributed by atoms with E-state index in [1.165, 1.54) is 82.1 Å². The highest BCUT2D eigenvalue weighted by molar-refractivity contribution is 5.89. The van der Waals surface area contributed by atoms with Crippen molar-refractivity contribution in [3.63, 3.8) is 0 Å². The molecule has 33 heavy (non-hydrogen) atoms. The summed E-state index contributed by atoms with van der Waals surface area (Å²) >= 11 is 0. The molecule has 0 fully saturated rings. The lowest BCUT2D eigenvalue weighted by atomic mass is 10.1. The Balaban J connectivity index is 1.61. The highest BCUT2D eigenvalue weighted by Gasteiger charge is 2.05. The van der Waals surface area contributed by atoms with Crippen LogP contribution in [-0.4, -0.2) is 24.0 Å². The lowest BCUT2D eigenvalue weighted by Crippen LogP contribution is -2.03. The van der Waals surface area contributed by atoms with Crippen LogP contribution in [0.1, 0.15) is 87.1 Å². The van der Waals surface area contributed by atoms with Gasteiger partial charge in [0.15, 0.2) is 6.29 Å². The van der Waals surface area contributed by atoms with E-state index in [0.717, 1.165) is 17.7 Å². The molecule has 0 bridgehead atoms. The van der Waals surface area contributed by atoms with Crippen LogP contribution in [0.2, 0.25) is 0 Å². The van der Waals surface area contributed by atoms with Crippen LogP contribution in [0.4, 0.5) is 0 Å². The predicted octanol–water partition coefficient (Wildman–Crippen LogP) is 7.12. The second-order valence-electron chi connectivity index (χ2n) is 8.19.